The van der Waals surface area contributed by atoms with Crippen molar-refractivity contribution in [2.24, 2.45) is 0 Å². The van der Waals surface area contributed by atoms with Gasteiger partial charge in [0.05, 0.1) is 0 Å². The normalized spacial score (nSPS) is 8.06. The van der Waals surface area contributed by atoms with Crippen LogP contribution in [0, 0.1) is 0 Å². The number of hydrogen-bond donors (Lipinski definition) is 0. The first kappa shape index (κ1) is 16.7. The molecule has 1 radical (unpaired) electrons. The van der Waals surface area contributed by atoms with Crippen LogP contribution in [0.25, 0.3) is 0 Å². The van der Waals surface area contributed by atoms with E-state index < -0.39 is 0 Å². The largest absolute Gasteiger partial charge is 3.00 e. The maximum Gasteiger partial charge on any atom is 3.00 e. The van der Waals surface area contributed by atoms with Crippen molar-refractivity contribution in [1.82, 2.24) is 0 Å². The van der Waals surface area contributed by atoms with E-state index in [1.54, 1.807) is 0 Å². The summed E-state index contributed by atoms with van der Waals surface area (Å²) in [5, 5.41) is 0. The minimum atomic E-state index is 0. The molecule has 0 aliphatic heterocycles. The Bertz CT molecular complexity index is 343. The first-order valence-corrected chi connectivity index (χ1v) is 5.97. The Balaban J connectivity index is 0.000000239. The van der Waals surface area contributed by atoms with Gasteiger partial charge >= 0.3 is 19.5 Å². The smallest absolute Gasteiger partial charge is 0.214 e. The minimum absolute atomic E-state index is 0. The number of aryl methyl sites for hydroxylation is 1. The van der Waals surface area contributed by atoms with Gasteiger partial charge in [0.2, 0.25) is 0 Å². The molecule has 0 spiro atoms. The second-order valence-electron chi connectivity index (χ2n) is 3.57. The predicted molar refractivity (Wildman–Crippen MR) is 75.5 cm³/mol. The van der Waals surface area contributed by atoms with Crippen LogP contribution in [0.5, 0.6) is 0 Å². The maximum absolute atomic E-state index is 2.16. The zero-order chi connectivity index (χ0) is 12.2. The molecule has 3 rings (SSSR count). The van der Waals surface area contributed by atoms with E-state index in [9.17, 15) is 0 Å². The molecule has 0 bridgehead atoms. The fourth-order valence-electron chi connectivity index (χ4n) is 1.29. The van der Waals surface area contributed by atoms with Gasteiger partial charge in [-0.15, -0.1) is 0 Å². The molecular weight excluding hydrogens is 305 g/mol. The first-order chi connectivity index (χ1) is 8.43. The van der Waals surface area contributed by atoms with Gasteiger partial charge < -0.3 is 0 Å². The third-order valence-electron chi connectivity index (χ3n) is 2.25. The minimum Gasteiger partial charge on any atom is -0.214 e. The summed E-state index contributed by atoms with van der Waals surface area (Å²) in [4.78, 5) is 0. The Morgan fingerprint density at radius 2 is 1.11 bits per heavy atom. The van der Waals surface area contributed by atoms with E-state index in [1.165, 1.54) is 5.56 Å². The van der Waals surface area contributed by atoms with E-state index in [0.717, 1.165) is 6.42 Å². The van der Waals surface area contributed by atoms with Crippen LogP contribution in [0.4, 0.5) is 0 Å². The third kappa shape index (κ3) is 8.78. The van der Waals surface area contributed by atoms with Crippen LogP contribution in [-0.2, 0) is 25.9 Å². The van der Waals surface area contributed by atoms with Crippen molar-refractivity contribution in [3.05, 3.63) is 90.5 Å². The standard InChI is InChI=1S/C7H9.2C5H5.Ru/c1-2-7-5-3-4-6-7;2*1-2-4-5-3-1;/h3-6H,2H2,1H3;2*1-5H;/q3*-1;+3. The van der Waals surface area contributed by atoms with Crippen molar-refractivity contribution < 1.29 is 19.5 Å². The van der Waals surface area contributed by atoms with Gasteiger partial charge in [-0.2, -0.15) is 54.1 Å². The molecule has 0 fully saturated rings. The fraction of sp³-hybridized carbons (Fsp3) is 0.118. The average molecular weight is 324 g/mol. The van der Waals surface area contributed by atoms with E-state index in [0.29, 0.717) is 0 Å². The van der Waals surface area contributed by atoms with Gasteiger partial charge in [-0.1, -0.05) is 13.3 Å². The molecule has 0 aliphatic carbocycles. The van der Waals surface area contributed by atoms with Gasteiger partial charge in [-0.05, 0) is 0 Å². The molecule has 1 heteroatoms. The van der Waals surface area contributed by atoms with Gasteiger partial charge in [0.1, 0.15) is 0 Å². The van der Waals surface area contributed by atoms with Crippen molar-refractivity contribution >= 4 is 0 Å². The Kier molecular flexibility index (Phi) is 11.2. The van der Waals surface area contributed by atoms with Crippen molar-refractivity contribution in [1.29, 1.82) is 0 Å². The summed E-state index contributed by atoms with van der Waals surface area (Å²) >= 11 is 0. The predicted octanol–water partition coefficient (Wildman–Crippen LogP) is 4.78. The average Bonchev–Trinajstić information content (AvgIpc) is 3.13. The molecule has 3 aromatic rings. The molecule has 0 atom stereocenters. The Hall–Kier alpha value is -1.33. The molecule has 0 aliphatic rings. The molecule has 95 valence electrons. The summed E-state index contributed by atoms with van der Waals surface area (Å²) in [5.74, 6) is 0. The van der Waals surface area contributed by atoms with Crippen LogP contribution < -0.4 is 0 Å². The Morgan fingerprint density at radius 1 is 0.722 bits per heavy atom. The first-order valence-electron chi connectivity index (χ1n) is 5.97. The molecule has 0 N–H and O–H groups in total. The topological polar surface area (TPSA) is 0 Å². The van der Waals surface area contributed by atoms with E-state index in [4.69, 9.17) is 0 Å². The summed E-state index contributed by atoms with van der Waals surface area (Å²) in [6.07, 6.45) is 1.16. The third-order valence-corrected chi connectivity index (χ3v) is 2.25. The van der Waals surface area contributed by atoms with Crippen LogP contribution in [0.1, 0.15) is 12.5 Å². The summed E-state index contributed by atoms with van der Waals surface area (Å²) in [6.45, 7) is 2.16. The summed E-state index contributed by atoms with van der Waals surface area (Å²) in [6, 6.07) is 28.4. The molecule has 0 unspecified atom stereocenters. The van der Waals surface area contributed by atoms with Crippen LogP contribution in [0.3, 0.4) is 0 Å². The fourth-order valence-corrected chi connectivity index (χ4v) is 1.29. The molecule has 0 heterocycles. The second kappa shape index (κ2) is 12.1. The zero-order valence-electron chi connectivity index (χ0n) is 10.6. The van der Waals surface area contributed by atoms with Crippen molar-refractivity contribution in [2.45, 2.75) is 13.3 Å². The molecule has 18 heavy (non-hydrogen) atoms. The number of rotatable bonds is 1. The van der Waals surface area contributed by atoms with E-state index in [-0.39, 0.29) is 19.5 Å². The summed E-state index contributed by atoms with van der Waals surface area (Å²) in [7, 11) is 0. The van der Waals surface area contributed by atoms with Crippen LogP contribution in [0.2, 0.25) is 0 Å². The molecule has 0 saturated heterocycles. The monoisotopic (exact) mass is 325 g/mol. The molecule has 0 aromatic heterocycles. The van der Waals surface area contributed by atoms with Crippen LogP contribution >= 0.6 is 0 Å². The van der Waals surface area contributed by atoms with E-state index in [1.807, 2.05) is 60.7 Å². The maximum atomic E-state index is 2.16. The van der Waals surface area contributed by atoms with Crippen LogP contribution in [-0.4, -0.2) is 0 Å². The van der Waals surface area contributed by atoms with Gasteiger partial charge in [0.15, 0.2) is 0 Å². The zero-order valence-corrected chi connectivity index (χ0v) is 12.4. The van der Waals surface area contributed by atoms with Crippen molar-refractivity contribution in [2.75, 3.05) is 0 Å². The summed E-state index contributed by atoms with van der Waals surface area (Å²) in [5.41, 5.74) is 1.43. The van der Waals surface area contributed by atoms with E-state index >= 15 is 0 Å². The molecule has 0 nitrogen and oxygen atoms in total. The second-order valence-corrected chi connectivity index (χ2v) is 3.57. The van der Waals surface area contributed by atoms with Crippen molar-refractivity contribution in [3.8, 4) is 0 Å². The van der Waals surface area contributed by atoms with Crippen LogP contribution in [0.15, 0.2) is 84.9 Å². The molecule has 0 amide bonds. The van der Waals surface area contributed by atoms with Crippen molar-refractivity contribution in [3.63, 3.8) is 0 Å². The van der Waals surface area contributed by atoms with E-state index in [2.05, 4.69) is 31.2 Å². The van der Waals surface area contributed by atoms with Gasteiger partial charge in [-0.3, -0.25) is 0 Å². The quantitative estimate of drug-likeness (QED) is 0.446. The Labute approximate surface area is 123 Å². The molecule has 3 aromatic carbocycles. The van der Waals surface area contributed by atoms with Gasteiger partial charge in [-0.25, -0.2) is 36.4 Å². The van der Waals surface area contributed by atoms with Gasteiger partial charge in [0, 0.05) is 0 Å². The van der Waals surface area contributed by atoms with Gasteiger partial charge in [0.25, 0.3) is 0 Å². The summed E-state index contributed by atoms with van der Waals surface area (Å²) < 4.78 is 0. The molecular formula is C17H19Ru. The SMILES string of the molecule is CC[c-]1cccc1.[Ru+3].c1cc[cH-]c1.c1cc[cH-]c1. The Morgan fingerprint density at radius 3 is 1.28 bits per heavy atom. The number of hydrogen-bond acceptors (Lipinski definition) is 0. The molecule has 0 saturated carbocycles.